The van der Waals surface area contributed by atoms with Gasteiger partial charge in [-0.05, 0) is 29.5 Å². The van der Waals surface area contributed by atoms with Crippen LogP contribution in [-0.4, -0.2) is 82.5 Å². The van der Waals surface area contributed by atoms with Gasteiger partial charge in [0.2, 0.25) is 11.4 Å². The van der Waals surface area contributed by atoms with Crippen LogP contribution in [0.25, 0.3) is 0 Å². The molecule has 0 bridgehead atoms. The van der Waals surface area contributed by atoms with E-state index < -0.39 is 17.7 Å². The standard InChI is InChI=1S/C20H23ClN6O5S/c1-31-16-15-17(24-11-23-16)33-20(27(15)18(22)29)32-19(30)26-7-5-25(6-8-26)14(10-28)12-3-2-4-13(21)9-12/h2-4,9,11,14,20,28H,5-8,10H2,1H3,(H2,22,29). The summed E-state index contributed by atoms with van der Waals surface area (Å²) in [7, 11) is 1.41. The third kappa shape index (κ3) is 4.78. The van der Waals surface area contributed by atoms with E-state index in [-0.39, 0.29) is 24.2 Å². The Kier molecular flexibility index (Phi) is 7.08. The van der Waals surface area contributed by atoms with E-state index in [1.807, 2.05) is 18.2 Å². The van der Waals surface area contributed by atoms with Crippen LogP contribution in [0.1, 0.15) is 11.6 Å². The van der Waals surface area contributed by atoms with Crippen LogP contribution in [0.5, 0.6) is 5.88 Å². The number of aliphatic hydroxyl groups is 1. The van der Waals surface area contributed by atoms with Gasteiger partial charge in [-0.15, -0.1) is 0 Å². The van der Waals surface area contributed by atoms with Gasteiger partial charge in [0, 0.05) is 31.2 Å². The average Bonchev–Trinajstić information content (AvgIpc) is 3.18. The number of hydrogen-bond donors (Lipinski definition) is 2. The first kappa shape index (κ1) is 23.4. The fraction of sp³-hybridized carbons (Fsp3) is 0.400. The van der Waals surface area contributed by atoms with Gasteiger partial charge >= 0.3 is 12.1 Å². The van der Waals surface area contributed by atoms with E-state index in [2.05, 4.69) is 14.9 Å². The van der Waals surface area contributed by atoms with Crippen molar-refractivity contribution >= 4 is 41.2 Å². The summed E-state index contributed by atoms with van der Waals surface area (Å²) in [5, 5.41) is 11.0. The number of methoxy groups -OCH3 is 1. The van der Waals surface area contributed by atoms with Gasteiger partial charge in [0.15, 0.2) is 0 Å². The molecule has 1 saturated heterocycles. The van der Waals surface area contributed by atoms with Crippen molar-refractivity contribution in [2.24, 2.45) is 5.73 Å². The van der Waals surface area contributed by atoms with Crippen molar-refractivity contribution < 1.29 is 24.2 Å². The number of benzene rings is 1. The number of aromatic nitrogens is 2. The molecule has 1 fully saturated rings. The largest absolute Gasteiger partial charge is 0.479 e. The zero-order chi connectivity index (χ0) is 23.5. The molecule has 2 unspecified atom stereocenters. The predicted molar refractivity (Wildman–Crippen MR) is 121 cm³/mol. The maximum absolute atomic E-state index is 12.8. The second-order valence-electron chi connectivity index (χ2n) is 7.33. The molecule has 1 aromatic carbocycles. The van der Waals surface area contributed by atoms with Crippen LogP contribution in [0.3, 0.4) is 0 Å². The fourth-order valence-electron chi connectivity index (χ4n) is 3.86. The lowest BCUT2D eigenvalue weighted by Gasteiger charge is -2.38. The number of carbonyl (C=O) groups excluding carboxylic acids is 2. The lowest BCUT2D eigenvalue weighted by atomic mass is 10.1. The maximum Gasteiger partial charge on any atom is 0.412 e. The number of hydrogen-bond acceptors (Lipinski definition) is 9. The SMILES string of the molecule is COc1ncnc2c1N(C(N)=O)C(OC(=O)N1CCN(C(CO)c3cccc(Cl)c3)CC1)S2. The molecule has 1 aromatic heterocycles. The quantitative estimate of drug-likeness (QED) is 0.597. The molecule has 4 rings (SSSR count). The number of carbonyl (C=O) groups is 2. The smallest absolute Gasteiger partial charge is 0.412 e. The predicted octanol–water partition coefficient (Wildman–Crippen LogP) is 1.90. The number of fused-ring (bicyclic) bond motifs is 1. The third-order valence-electron chi connectivity index (χ3n) is 5.47. The Balaban J connectivity index is 1.40. The van der Waals surface area contributed by atoms with Gasteiger partial charge < -0.3 is 25.2 Å². The van der Waals surface area contributed by atoms with E-state index in [0.717, 1.165) is 22.2 Å². The van der Waals surface area contributed by atoms with Crippen LogP contribution in [0, 0.1) is 0 Å². The molecule has 0 aliphatic carbocycles. The highest BCUT2D eigenvalue weighted by atomic mass is 35.5. The minimum Gasteiger partial charge on any atom is -0.479 e. The first-order valence-corrected chi connectivity index (χ1v) is 11.4. The highest BCUT2D eigenvalue weighted by molar-refractivity contribution is 8.00. The van der Waals surface area contributed by atoms with Gasteiger partial charge in [-0.25, -0.2) is 19.5 Å². The number of thioether (sulfide) groups is 1. The number of ether oxygens (including phenoxy) is 2. The lowest BCUT2D eigenvalue weighted by Crippen LogP contribution is -2.52. The van der Waals surface area contributed by atoms with E-state index in [9.17, 15) is 14.7 Å². The number of primary amides is 1. The van der Waals surface area contributed by atoms with Crippen LogP contribution in [0.15, 0.2) is 35.6 Å². The molecule has 2 aliphatic heterocycles. The van der Waals surface area contributed by atoms with Gasteiger partial charge in [0.1, 0.15) is 17.0 Å². The Morgan fingerprint density at radius 1 is 1.30 bits per heavy atom. The highest BCUT2D eigenvalue weighted by Crippen LogP contribution is 2.46. The Morgan fingerprint density at radius 2 is 2.06 bits per heavy atom. The van der Waals surface area contributed by atoms with Crippen molar-refractivity contribution in [3.05, 3.63) is 41.2 Å². The van der Waals surface area contributed by atoms with Crippen LogP contribution in [-0.2, 0) is 4.74 Å². The summed E-state index contributed by atoms with van der Waals surface area (Å²) in [6, 6.07) is 6.33. The Morgan fingerprint density at radius 3 is 2.70 bits per heavy atom. The molecule has 2 aliphatic rings. The number of urea groups is 1. The number of piperazine rings is 1. The Labute approximate surface area is 199 Å². The Bertz CT molecular complexity index is 1040. The molecule has 3 heterocycles. The molecule has 176 valence electrons. The van der Waals surface area contributed by atoms with Crippen LogP contribution >= 0.6 is 23.4 Å². The van der Waals surface area contributed by atoms with Gasteiger partial charge in [0.25, 0.3) is 0 Å². The van der Waals surface area contributed by atoms with E-state index in [0.29, 0.717) is 36.2 Å². The monoisotopic (exact) mass is 494 g/mol. The molecule has 2 atom stereocenters. The van der Waals surface area contributed by atoms with Gasteiger partial charge in [-0.2, -0.15) is 4.98 Å². The minimum absolute atomic E-state index is 0.0712. The Hall–Kier alpha value is -2.80. The number of nitrogens with two attached hydrogens (primary N) is 1. The summed E-state index contributed by atoms with van der Waals surface area (Å²) >= 11 is 7.16. The molecule has 2 aromatic rings. The maximum atomic E-state index is 12.8. The number of anilines is 1. The normalized spacial score (nSPS) is 19.2. The molecule has 0 radical (unpaired) electrons. The van der Waals surface area contributed by atoms with Gasteiger partial charge in [-0.1, -0.05) is 23.7 Å². The summed E-state index contributed by atoms with van der Waals surface area (Å²) in [6.07, 6.45) is 0.714. The van der Waals surface area contributed by atoms with Crippen LogP contribution in [0.2, 0.25) is 5.02 Å². The molecule has 11 nitrogen and oxygen atoms in total. The van der Waals surface area contributed by atoms with Crippen molar-refractivity contribution in [1.29, 1.82) is 0 Å². The molecule has 3 N–H and O–H groups in total. The molecule has 3 amide bonds. The summed E-state index contributed by atoms with van der Waals surface area (Å²) < 4.78 is 10.8. The van der Waals surface area contributed by atoms with Crippen molar-refractivity contribution in [1.82, 2.24) is 19.8 Å². The number of rotatable bonds is 5. The zero-order valence-electron chi connectivity index (χ0n) is 17.8. The van der Waals surface area contributed by atoms with E-state index in [1.165, 1.54) is 13.4 Å². The topological polar surface area (TPSA) is 134 Å². The van der Waals surface area contributed by atoms with E-state index in [1.54, 1.807) is 11.0 Å². The average molecular weight is 495 g/mol. The third-order valence-corrected chi connectivity index (χ3v) is 6.74. The molecule has 0 saturated carbocycles. The zero-order valence-corrected chi connectivity index (χ0v) is 19.3. The van der Waals surface area contributed by atoms with Crippen molar-refractivity contribution in [3.8, 4) is 5.88 Å². The molecular weight excluding hydrogens is 472 g/mol. The number of nitrogens with zero attached hydrogens (tertiary/aromatic N) is 5. The first-order chi connectivity index (χ1) is 15.9. The van der Waals surface area contributed by atoms with Crippen LogP contribution in [0.4, 0.5) is 15.3 Å². The summed E-state index contributed by atoms with van der Waals surface area (Å²) in [4.78, 5) is 37.8. The second-order valence-corrected chi connectivity index (χ2v) is 8.79. The lowest BCUT2D eigenvalue weighted by molar-refractivity contribution is 0.0461. The molecule has 0 spiro atoms. The fourth-order valence-corrected chi connectivity index (χ4v) is 5.10. The van der Waals surface area contributed by atoms with E-state index >= 15 is 0 Å². The van der Waals surface area contributed by atoms with Crippen molar-refractivity contribution in [2.45, 2.75) is 16.6 Å². The second kappa shape index (κ2) is 10.00. The molecular formula is C20H23ClN6O5S. The summed E-state index contributed by atoms with van der Waals surface area (Å²) in [5.41, 5.74) is 5.69. The summed E-state index contributed by atoms with van der Waals surface area (Å²) in [5.74, 6) is 0.162. The number of halogens is 1. The van der Waals surface area contributed by atoms with Crippen molar-refractivity contribution in [2.75, 3.05) is 44.8 Å². The van der Waals surface area contributed by atoms with Gasteiger partial charge in [0.05, 0.1) is 19.8 Å². The molecule has 33 heavy (non-hydrogen) atoms. The van der Waals surface area contributed by atoms with Crippen molar-refractivity contribution in [3.63, 3.8) is 0 Å². The summed E-state index contributed by atoms with van der Waals surface area (Å²) in [6.45, 7) is 1.77. The molecule has 13 heteroatoms. The minimum atomic E-state index is -1.02. The van der Waals surface area contributed by atoms with Crippen LogP contribution < -0.4 is 15.4 Å². The van der Waals surface area contributed by atoms with Gasteiger partial charge in [-0.3, -0.25) is 4.90 Å². The number of amides is 3. The number of aliphatic hydroxyl groups excluding tert-OH is 1. The highest BCUT2D eigenvalue weighted by Gasteiger charge is 2.41. The van der Waals surface area contributed by atoms with E-state index in [4.69, 9.17) is 26.8 Å². The first-order valence-electron chi connectivity index (χ1n) is 10.1.